The summed E-state index contributed by atoms with van der Waals surface area (Å²) in [5, 5.41) is 11.4. The Morgan fingerprint density at radius 1 is 1.04 bits per heavy atom. The van der Waals surface area contributed by atoms with Crippen molar-refractivity contribution < 1.29 is 27.7 Å². The highest BCUT2D eigenvalue weighted by Crippen LogP contribution is 2.13. The summed E-state index contributed by atoms with van der Waals surface area (Å²) < 4.78 is 39.3. The molecule has 2 aromatic rings. The molecule has 2 aromatic carbocycles. The molecule has 26 heavy (non-hydrogen) atoms. The van der Waals surface area contributed by atoms with Crippen LogP contribution in [0, 0.1) is 11.6 Å². The van der Waals surface area contributed by atoms with Crippen LogP contribution in [-0.2, 0) is 26.8 Å². The van der Waals surface area contributed by atoms with Crippen LogP contribution in [0.5, 0.6) is 0 Å². The van der Waals surface area contributed by atoms with E-state index in [4.69, 9.17) is 0 Å². The van der Waals surface area contributed by atoms with Crippen LogP contribution < -0.4 is 5.32 Å². The minimum Gasteiger partial charge on any atom is -0.480 e. The summed E-state index contributed by atoms with van der Waals surface area (Å²) >= 11 is 0. The lowest BCUT2D eigenvalue weighted by Gasteiger charge is -2.15. The van der Waals surface area contributed by atoms with Gasteiger partial charge < -0.3 is 10.4 Å². The summed E-state index contributed by atoms with van der Waals surface area (Å²) in [5.74, 6) is -3.87. The number of nitrogens with one attached hydrogen (secondary N) is 1. The van der Waals surface area contributed by atoms with E-state index in [9.17, 15) is 27.7 Å². The van der Waals surface area contributed by atoms with Crippen LogP contribution in [0.15, 0.2) is 53.4 Å². The Kier molecular flexibility index (Phi) is 6.97. The molecule has 0 unspecified atom stereocenters. The van der Waals surface area contributed by atoms with Crippen LogP contribution >= 0.6 is 0 Å². The molecule has 0 aliphatic carbocycles. The molecular formula is C18H17F2NO4S. The van der Waals surface area contributed by atoms with Gasteiger partial charge in [0.15, 0.2) is 0 Å². The minimum absolute atomic E-state index is 0.0231. The second-order valence-corrected chi connectivity index (χ2v) is 7.06. The third-order valence-corrected chi connectivity index (χ3v) is 5.03. The number of benzene rings is 2. The van der Waals surface area contributed by atoms with Crippen molar-refractivity contribution in [2.45, 2.75) is 23.8 Å². The molecular weight excluding hydrogens is 364 g/mol. The van der Waals surface area contributed by atoms with Crippen LogP contribution in [0.25, 0.3) is 0 Å². The molecule has 1 amide bonds. The van der Waals surface area contributed by atoms with E-state index in [2.05, 4.69) is 5.32 Å². The van der Waals surface area contributed by atoms with Crippen molar-refractivity contribution in [2.75, 3.05) is 5.75 Å². The third kappa shape index (κ3) is 5.45. The van der Waals surface area contributed by atoms with Gasteiger partial charge >= 0.3 is 5.97 Å². The summed E-state index contributed by atoms with van der Waals surface area (Å²) in [6.45, 7) is 0. The van der Waals surface area contributed by atoms with Gasteiger partial charge in [-0.25, -0.2) is 13.6 Å². The Hall–Kier alpha value is -2.61. The largest absolute Gasteiger partial charge is 0.480 e. The van der Waals surface area contributed by atoms with Crippen LogP contribution in [-0.4, -0.2) is 33.0 Å². The van der Waals surface area contributed by atoms with E-state index in [1.165, 1.54) is 6.07 Å². The molecule has 0 saturated carbocycles. The Morgan fingerprint density at radius 2 is 1.65 bits per heavy atom. The summed E-state index contributed by atoms with van der Waals surface area (Å²) in [6, 6.07) is 10.4. The van der Waals surface area contributed by atoms with Gasteiger partial charge in [-0.05, 0) is 30.7 Å². The number of carboxylic acids is 1. The highest BCUT2D eigenvalue weighted by molar-refractivity contribution is 7.85. The van der Waals surface area contributed by atoms with E-state index >= 15 is 0 Å². The van der Waals surface area contributed by atoms with Crippen molar-refractivity contribution in [1.29, 1.82) is 0 Å². The monoisotopic (exact) mass is 381 g/mol. The Bertz CT molecular complexity index is 794. The molecule has 0 fully saturated rings. The van der Waals surface area contributed by atoms with Crippen LogP contribution in [0.2, 0.25) is 0 Å². The maximum absolute atomic E-state index is 13.6. The number of amides is 1. The van der Waals surface area contributed by atoms with Crippen LogP contribution in [0.1, 0.15) is 12.0 Å². The summed E-state index contributed by atoms with van der Waals surface area (Å²) in [6.07, 6.45) is -0.702. The van der Waals surface area contributed by atoms with E-state index in [0.29, 0.717) is 4.90 Å². The maximum atomic E-state index is 13.6. The van der Waals surface area contributed by atoms with Crippen molar-refractivity contribution in [3.05, 3.63) is 65.7 Å². The Balaban J connectivity index is 1.96. The second kappa shape index (κ2) is 9.19. The molecule has 0 bridgehead atoms. The van der Waals surface area contributed by atoms with Gasteiger partial charge in [-0.1, -0.05) is 24.3 Å². The first-order valence-corrected chi connectivity index (χ1v) is 9.09. The predicted molar refractivity (Wildman–Crippen MR) is 92.0 cm³/mol. The number of carboxylic acid groups (broad SMARTS) is 1. The Morgan fingerprint density at radius 3 is 2.23 bits per heavy atom. The minimum atomic E-state index is -1.42. The van der Waals surface area contributed by atoms with E-state index in [-0.39, 0.29) is 12.2 Å². The number of carbonyl (C=O) groups excluding carboxylic acids is 1. The molecule has 0 radical (unpaired) electrons. The topological polar surface area (TPSA) is 83.5 Å². The standard InChI is InChI=1S/C18H17F2NO4S/c19-14-7-4-8-15(20)13(14)11-17(22)21-16(18(23)24)9-10-26(25)12-5-2-1-3-6-12/h1-8,16H,9-11H2,(H,21,22)(H,23,24)/t16-,26-/m1/s1. The van der Waals surface area contributed by atoms with Gasteiger partial charge in [0.2, 0.25) is 5.91 Å². The zero-order chi connectivity index (χ0) is 19.1. The molecule has 2 N–H and O–H groups in total. The molecule has 2 atom stereocenters. The number of carbonyl (C=O) groups is 2. The molecule has 0 spiro atoms. The number of rotatable bonds is 8. The SMILES string of the molecule is O=C(Cc1c(F)cccc1F)N[C@H](CC[S@@](=O)c1ccccc1)C(=O)O. The van der Waals surface area contributed by atoms with Crippen LogP contribution in [0.3, 0.4) is 0 Å². The summed E-state index contributed by atoms with van der Waals surface area (Å²) in [7, 11) is -1.42. The lowest BCUT2D eigenvalue weighted by Crippen LogP contribution is -2.42. The van der Waals surface area contributed by atoms with Crippen molar-refractivity contribution in [3.63, 3.8) is 0 Å². The molecule has 0 heterocycles. The average Bonchev–Trinajstić information content (AvgIpc) is 2.62. The highest BCUT2D eigenvalue weighted by atomic mass is 32.2. The lowest BCUT2D eigenvalue weighted by atomic mass is 10.1. The molecule has 0 aliphatic heterocycles. The van der Waals surface area contributed by atoms with Gasteiger partial charge in [0.25, 0.3) is 0 Å². The molecule has 0 saturated heterocycles. The van der Waals surface area contributed by atoms with Gasteiger partial charge in [0.05, 0.1) is 17.2 Å². The quantitative estimate of drug-likeness (QED) is 0.735. The normalized spacial score (nSPS) is 13.0. The molecule has 8 heteroatoms. The first kappa shape index (κ1) is 19.7. The van der Waals surface area contributed by atoms with Crippen molar-refractivity contribution in [1.82, 2.24) is 5.32 Å². The highest BCUT2D eigenvalue weighted by Gasteiger charge is 2.22. The second-order valence-electron chi connectivity index (χ2n) is 5.49. The average molecular weight is 381 g/mol. The lowest BCUT2D eigenvalue weighted by molar-refractivity contribution is -0.141. The number of hydrogen-bond donors (Lipinski definition) is 2. The van der Waals surface area contributed by atoms with E-state index in [0.717, 1.165) is 12.1 Å². The summed E-state index contributed by atoms with van der Waals surface area (Å²) in [4.78, 5) is 23.8. The molecule has 5 nitrogen and oxygen atoms in total. The van der Waals surface area contributed by atoms with Gasteiger partial charge in [-0.3, -0.25) is 9.00 Å². The van der Waals surface area contributed by atoms with Crippen LogP contribution in [0.4, 0.5) is 8.78 Å². The van der Waals surface area contributed by atoms with E-state index in [1.54, 1.807) is 30.3 Å². The first-order valence-electron chi connectivity index (χ1n) is 7.77. The van der Waals surface area contributed by atoms with Crippen molar-refractivity contribution in [2.24, 2.45) is 0 Å². The van der Waals surface area contributed by atoms with Gasteiger partial charge in [0, 0.05) is 16.2 Å². The van der Waals surface area contributed by atoms with E-state index < -0.39 is 52.3 Å². The van der Waals surface area contributed by atoms with E-state index in [1.807, 2.05) is 0 Å². The fourth-order valence-corrected chi connectivity index (χ4v) is 3.43. The molecule has 2 rings (SSSR count). The third-order valence-electron chi connectivity index (χ3n) is 3.63. The van der Waals surface area contributed by atoms with Gasteiger partial charge in [0.1, 0.15) is 17.7 Å². The number of hydrogen-bond acceptors (Lipinski definition) is 3. The first-order chi connectivity index (χ1) is 12.4. The fourth-order valence-electron chi connectivity index (χ4n) is 2.28. The fraction of sp³-hybridized carbons (Fsp3) is 0.222. The van der Waals surface area contributed by atoms with Gasteiger partial charge in [-0.15, -0.1) is 0 Å². The van der Waals surface area contributed by atoms with Crippen molar-refractivity contribution in [3.8, 4) is 0 Å². The number of halogens is 2. The van der Waals surface area contributed by atoms with Gasteiger partial charge in [-0.2, -0.15) is 0 Å². The Labute approximate surface area is 151 Å². The maximum Gasteiger partial charge on any atom is 0.326 e. The molecule has 138 valence electrons. The molecule has 0 aromatic heterocycles. The van der Waals surface area contributed by atoms with Crippen molar-refractivity contribution >= 4 is 22.7 Å². The predicted octanol–water partition coefficient (Wildman–Crippen LogP) is 2.27. The zero-order valence-electron chi connectivity index (χ0n) is 13.7. The zero-order valence-corrected chi connectivity index (χ0v) is 14.5. The smallest absolute Gasteiger partial charge is 0.326 e. The number of aliphatic carboxylic acids is 1. The molecule has 0 aliphatic rings. The summed E-state index contributed by atoms with van der Waals surface area (Å²) in [5.41, 5.74) is -0.429.